The van der Waals surface area contributed by atoms with Crippen molar-refractivity contribution >= 4 is 21.6 Å². The summed E-state index contributed by atoms with van der Waals surface area (Å²) in [5, 5.41) is 13.9. The van der Waals surface area contributed by atoms with Gasteiger partial charge < -0.3 is 5.11 Å². The first-order chi connectivity index (χ1) is 8.47. The number of aryl methyl sites for hydroxylation is 2. The summed E-state index contributed by atoms with van der Waals surface area (Å²) in [7, 11) is -2.21. The van der Waals surface area contributed by atoms with E-state index in [-0.39, 0.29) is 16.6 Å². The summed E-state index contributed by atoms with van der Waals surface area (Å²) in [5.74, 6) is 0. The van der Waals surface area contributed by atoms with E-state index in [1.54, 1.807) is 14.0 Å². The molecule has 0 amide bonds. The van der Waals surface area contributed by atoms with Gasteiger partial charge in [-0.25, -0.2) is 13.1 Å². The van der Waals surface area contributed by atoms with E-state index in [4.69, 9.17) is 11.6 Å². The highest BCUT2D eigenvalue weighted by molar-refractivity contribution is 7.89. The average molecular weight is 310 g/mol. The molecule has 0 saturated heterocycles. The van der Waals surface area contributed by atoms with Crippen LogP contribution in [0.4, 0.5) is 0 Å². The summed E-state index contributed by atoms with van der Waals surface area (Å²) in [6.45, 7) is 6.98. The zero-order valence-electron chi connectivity index (χ0n) is 11.7. The van der Waals surface area contributed by atoms with Crippen LogP contribution in [0.3, 0.4) is 0 Å². The van der Waals surface area contributed by atoms with Crippen LogP contribution in [0, 0.1) is 12.3 Å². The SMILES string of the molecule is Cc1nn(C)c(Cl)c1S(=O)(=O)NCC(O)C(C)(C)C. The second-order valence-corrected chi connectivity index (χ2v) is 7.62. The standard InChI is InChI=1S/C11H20ClN3O3S/c1-7-9(10(12)15(5)14-7)19(17,18)13-6-8(16)11(2,3)4/h8,13,16H,6H2,1-5H3. The third-order valence-corrected chi connectivity index (χ3v) is 4.95. The molecule has 0 saturated carbocycles. The molecule has 1 aromatic rings. The van der Waals surface area contributed by atoms with Gasteiger partial charge >= 0.3 is 0 Å². The molecule has 8 heteroatoms. The quantitative estimate of drug-likeness (QED) is 0.871. The lowest BCUT2D eigenvalue weighted by atomic mass is 9.89. The Hall–Kier alpha value is -0.630. The number of hydrogen-bond acceptors (Lipinski definition) is 4. The van der Waals surface area contributed by atoms with Crippen molar-refractivity contribution in [2.24, 2.45) is 12.5 Å². The Balaban J connectivity index is 2.94. The zero-order chi connectivity index (χ0) is 15.0. The Labute approximate surface area is 118 Å². The highest BCUT2D eigenvalue weighted by Crippen LogP contribution is 2.24. The molecule has 0 bridgehead atoms. The number of rotatable bonds is 4. The lowest BCUT2D eigenvalue weighted by Gasteiger charge is -2.25. The number of sulfonamides is 1. The molecule has 1 aromatic heterocycles. The number of nitrogens with one attached hydrogen (secondary N) is 1. The molecule has 0 aliphatic carbocycles. The maximum atomic E-state index is 12.2. The van der Waals surface area contributed by atoms with Gasteiger partial charge in [0.05, 0.1) is 11.8 Å². The number of aliphatic hydroxyl groups excluding tert-OH is 1. The molecule has 1 unspecified atom stereocenters. The minimum atomic E-state index is -3.78. The molecule has 1 rings (SSSR count). The van der Waals surface area contributed by atoms with E-state index < -0.39 is 21.5 Å². The maximum Gasteiger partial charge on any atom is 0.245 e. The van der Waals surface area contributed by atoms with E-state index in [1.807, 2.05) is 20.8 Å². The second-order valence-electron chi connectivity index (χ2n) is 5.56. The van der Waals surface area contributed by atoms with E-state index in [0.717, 1.165) is 0 Å². The molecule has 1 heterocycles. The molecule has 110 valence electrons. The van der Waals surface area contributed by atoms with Crippen LogP contribution < -0.4 is 4.72 Å². The van der Waals surface area contributed by atoms with Crippen LogP contribution in [0.15, 0.2) is 4.90 Å². The van der Waals surface area contributed by atoms with E-state index >= 15 is 0 Å². The minimum Gasteiger partial charge on any atom is -0.391 e. The molecule has 1 atom stereocenters. The van der Waals surface area contributed by atoms with Crippen LogP contribution in [0.1, 0.15) is 26.5 Å². The third kappa shape index (κ3) is 3.68. The monoisotopic (exact) mass is 309 g/mol. The fraction of sp³-hybridized carbons (Fsp3) is 0.727. The Kier molecular flexibility index (Phi) is 4.66. The largest absolute Gasteiger partial charge is 0.391 e. The van der Waals surface area contributed by atoms with Gasteiger partial charge in [0.2, 0.25) is 10.0 Å². The molecule has 0 fully saturated rings. The number of aliphatic hydroxyl groups is 1. The van der Waals surface area contributed by atoms with Gasteiger partial charge in [0.1, 0.15) is 10.0 Å². The molecule has 0 radical (unpaired) electrons. The first kappa shape index (κ1) is 16.4. The number of aromatic nitrogens is 2. The Morgan fingerprint density at radius 2 is 2.00 bits per heavy atom. The number of hydrogen-bond donors (Lipinski definition) is 2. The van der Waals surface area contributed by atoms with E-state index in [2.05, 4.69) is 9.82 Å². The predicted molar refractivity (Wildman–Crippen MR) is 73.6 cm³/mol. The topological polar surface area (TPSA) is 84.2 Å². The normalized spacial score (nSPS) is 14.7. The first-order valence-electron chi connectivity index (χ1n) is 5.83. The smallest absolute Gasteiger partial charge is 0.245 e. The van der Waals surface area contributed by atoms with Gasteiger partial charge in [-0.3, -0.25) is 4.68 Å². The van der Waals surface area contributed by atoms with Gasteiger partial charge in [-0.05, 0) is 12.3 Å². The van der Waals surface area contributed by atoms with E-state index in [0.29, 0.717) is 5.69 Å². The second kappa shape index (κ2) is 5.40. The molecule has 2 N–H and O–H groups in total. The van der Waals surface area contributed by atoms with Crippen molar-refractivity contribution in [2.45, 2.75) is 38.7 Å². The fourth-order valence-corrected chi connectivity index (χ4v) is 3.27. The molecule has 0 aliphatic rings. The summed E-state index contributed by atoms with van der Waals surface area (Å²) in [6, 6.07) is 0. The Bertz CT molecular complexity index is 560. The molecule has 0 aromatic carbocycles. The van der Waals surface area contributed by atoms with Crippen LogP contribution >= 0.6 is 11.6 Å². The van der Waals surface area contributed by atoms with Gasteiger partial charge in [-0.15, -0.1) is 0 Å². The molecule has 0 aliphatic heterocycles. The van der Waals surface area contributed by atoms with Crippen molar-refractivity contribution < 1.29 is 13.5 Å². The van der Waals surface area contributed by atoms with Crippen molar-refractivity contribution in [3.63, 3.8) is 0 Å². The first-order valence-corrected chi connectivity index (χ1v) is 7.69. The van der Waals surface area contributed by atoms with Crippen LogP contribution in [0.5, 0.6) is 0 Å². The molecule has 0 spiro atoms. The Morgan fingerprint density at radius 3 is 2.37 bits per heavy atom. The van der Waals surface area contributed by atoms with Gasteiger partial charge in [0, 0.05) is 13.6 Å². The molecule has 6 nitrogen and oxygen atoms in total. The average Bonchev–Trinajstić information content (AvgIpc) is 2.48. The van der Waals surface area contributed by atoms with Gasteiger partial charge in [-0.2, -0.15) is 5.10 Å². The molecular weight excluding hydrogens is 290 g/mol. The lowest BCUT2D eigenvalue weighted by molar-refractivity contribution is 0.0677. The predicted octanol–water partition coefficient (Wildman–Crippen LogP) is 1.07. The number of nitrogens with zero attached hydrogens (tertiary/aromatic N) is 2. The van der Waals surface area contributed by atoms with Crippen LogP contribution in [-0.2, 0) is 17.1 Å². The van der Waals surface area contributed by atoms with Gasteiger partial charge in [-0.1, -0.05) is 32.4 Å². The summed E-state index contributed by atoms with van der Waals surface area (Å²) in [6.07, 6.45) is -0.793. The Morgan fingerprint density at radius 1 is 1.47 bits per heavy atom. The summed E-state index contributed by atoms with van der Waals surface area (Å²) in [5.41, 5.74) is -0.0821. The lowest BCUT2D eigenvalue weighted by Crippen LogP contribution is -2.39. The van der Waals surface area contributed by atoms with Gasteiger partial charge in [0.25, 0.3) is 0 Å². The molecule has 19 heavy (non-hydrogen) atoms. The highest BCUT2D eigenvalue weighted by Gasteiger charge is 2.28. The third-order valence-electron chi connectivity index (χ3n) is 2.84. The maximum absolute atomic E-state index is 12.2. The van der Waals surface area contributed by atoms with E-state index in [9.17, 15) is 13.5 Å². The van der Waals surface area contributed by atoms with Gasteiger partial charge in [0.15, 0.2) is 0 Å². The van der Waals surface area contributed by atoms with Crippen LogP contribution in [0.25, 0.3) is 0 Å². The summed E-state index contributed by atoms with van der Waals surface area (Å²) >= 11 is 5.92. The van der Waals surface area contributed by atoms with Crippen LogP contribution in [-0.4, -0.2) is 36.0 Å². The van der Waals surface area contributed by atoms with Crippen molar-refractivity contribution in [1.82, 2.24) is 14.5 Å². The highest BCUT2D eigenvalue weighted by atomic mass is 35.5. The van der Waals surface area contributed by atoms with Crippen molar-refractivity contribution in [1.29, 1.82) is 0 Å². The number of halogens is 1. The van der Waals surface area contributed by atoms with Crippen molar-refractivity contribution in [2.75, 3.05) is 6.54 Å². The van der Waals surface area contributed by atoms with E-state index in [1.165, 1.54) is 4.68 Å². The minimum absolute atomic E-state index is 0.0437. The molecular formula is C11H20ClN3O3S. The summed E-state index contributed by atoms with van der Waals surface area (Å²) in [4.78, 5) is -0.0437. The van der Waals surface area contributed by atoms with Crippen LogP contribution in [0.2, 0.25) is 5.15 Å². The summed E-state index contributed by atoms with van der Waals surface area (Å²) < 4.78 is 28.0. The van der Waals surface area contributed by atoms with Crippen molar-refractivity contribution in [3.8, 4) is 0 Å². The zero-order valence-corrected chi connectivity index (χ0v) is 13.3. The van der Waals surface area contributed by atoms with Crippen molar-refractivity contribution in [3.05, 3.63) is 10.8 Å². The fourth-order valence-electron chi connectivity index (χ4n) is 1.48.